The molecule has 0 aliphatic heterocycles. The lowest BCUT2D eigenvalue weighted by Crippen LogP contribution is -2.07. The van der Waals surface area contributed by atoms with E-state index in [1.165, 1.54) is 32.2 Å². The van der Waals surface area contributed by atoms with Gasteiger partial charge < -0.3 is 15.8 Å². The van der Waals surface area contributed by atoms with E-state index in [-0.39, 0.29) is 28.9 Å². The Morgan fingerprint density at radius 2 is 2.14 bits per heavy atom. The Morgan fingerprint density at radius 3 is 2.76 bits per heavy atom. The minimum Gasteiger partial charge on any atom is -0.494 e. The average molecular weight is 293 g/mol. The zero-order chi connectivity index (χ0) is 15.6. The third-order valence-electron chi connectivity index (χ3n) is 2.67. The van der Waals surface area contributed by atoms with Crippen LogP contribution in [0.1, 0.15) is 5.69 Å². The molecule has 0 saturated carbocycles. The summed E-state index contributed by atoms with van der Waals surface area (Å²) in [6.45, 7) is 1.45. The number of hydrogen-bond donors (Lipinski definition) is 2. The third kappa shape index (κ3) is 2.96. The number of nitrogens with one attached hydrogen (secondary N) is 1. The van der Waals surface area contributed by atoms with Crippen molar-refractivity contribution in [2.75, 3.05) is 18.2 Å². The van der Waals surface area contributed by atoms with E-state index >= 15 is 0 Å². The summed E-state index contributed by atoms with van der Waals surface area (Å²) < 4.78 is 18.2. The maximum absolute atomic E-state index is 13.3. The Balaban J connectivity index is 2.46. The number of nitrogen functional groups attached to an aromatic ring is 1. The lowest BCUT2D eigenvalue weighted by molar-refractivity contribution is -0.385. The lowest BCUT2D eigenvalue weighted by atomic mass is 10.2. The molecule has 21 heavy (non-hydrogen) atoms. The fraction of sp³-hybridized carbons (Fsp3) is 0.167. The van der Waals surface area contributed by atoms with Crippen LogP contribution in [0, 0.1) is 22.9 Å². The minimum absolute atomic E-state index is 0.00130. The summed E-state index contributed by atoms with van der Waals surface area (Å²) in [7, 11) is 1.32. The second kappa shape index (κ2) is 5.57. The zero-order valence-electron chi connectivity index (χ0n) is 11.3. The number of aryl methyl sites for hydroxylation is 1. The molecule has 0 atom stereocenters. The van der Waals surface area contributed by atoms with Gasteiger partial charge in [-0.3, -0.25) is 10.1 Å². The number of halogens is 1. The molecule has 0 amide bonds. The van der Waals surface area contributed by atoms with Crippen molar-refractivity contribution in [3.63, 3.8) is 0 Å². The van der Waals surface area contributed by atoms with E-state index < -0.39 is 10.7 Å². The van der Waals surface area contributed by atoms with Crippen LogP contribution in [0.25, 0.3) is 0 Å². The van der Waals surface area contributed by atoms with Crippen molar-refractivity contribution in [1.29, 1.82) is 0 Å². The van der Waals surface area contributed by atoms with Crippen molar-refractivity contribution in [3.05, 3.63) is 39.8 Å². The Morgan fingerprint density at radius 1 is 1.43 bits per heavy atom. The summed E-state index contributed by atoms with van der Waals surface area (Å²) in [6, 6.07) is 3.92. The highest BCUT2D eigenvalue weighted by molar-refractivity contribution is 5.68. The normalized spacial score (nSPS) is 10.2. The molecule has 0 unspecified atom stereocenters. The van der Waals surface area contributed by atoms with Crippen molar-refractivity contribution >= 4 is 23.1 Å². The maximum atomic E-state index is 13.3. The number of hydrogen-bond acceptors (Lipinski definition) is 7. The van der Waals surface area contributed by atoms with Gasteiger partial charge in [-0.2, -0.15) is 4.98 Å². The van der Waals surface area contributed by atoms with Crippen LogP contribution in [0.3, 0.4) is 0 Å². The minimum atomic E-state index is -0.613. The van der Waals surface area contributed by atoms with E-state index in [0.717, 1.165) is 0 Å². The zero-order valence-corrected chi connectivity index (χ0v) is 11.3. The first kappa shape index (κ1) is 14.4. The largest absolute Gasteiger partial charge is 0.494 e. The molecule has 1 aromatic heterocycles. The average Bonchev–Trinajstić information content (AvgIpc) is 2.39. The monoisotopic (exact) mass is 293 g/mol. The van der Waals surface area contributed by atoms with Crippen LogP contribution in [0.5, 0.6) is 5.75 Å². The number of nitro groups is 1. The van der Waals surface area contributed by atoms with Gasteiger partial charge in [0, 0.05) is 11.8 Å². The fourth-order valence-corrected chi connectivity index (χ4v) is 1.77. The van der Waals surface area contributed by atoms with E-state index in [4.69, 9.17) is 10.5 Å². The van der Waals surface area contributed by atoms with Gasteiger partial charge in [-0.1, -0.05) is 0 Å². The van der Waals surface area contributed by atoms with Crippen LogP contribution in [0.2, 0.25) is 0 Å². The summed E-state index contributed by atoms with van der Waals surface area (Å²) in [4.78, 5) is 18.0. The van der Waals surface area contributed by atoms with Crippen LogP contribution < -0.4 is 15.8 Å². The van der Waals surface area contributed by atoms with Gasteiger partial charge in [-0.15, -0.1) is 0 Å². The molecule has 0 spiro atoms. The molecule has 0 radical (unpaired) electrons. The van der Waals surface area contributed by atoms with Crippen molar-refractivity contribution < 1.29 is 14.1 Å². The maximum Gasteiger partial charge on any atom is 0.332 e. The van der Waals surface area contributed by atoms with Gasteiger partial charge in [0.25, 0.3) is 0 Å². The van der Waals surface area contributed by atoms with Crippen LogP contribution in [0.15, 0.2) is 18.2 Å². The fourth-order valence-electron chi connectivity index (χ4n) is 1.77. The van der Waals surface area contributed by atoms with E-state index in [9.17, 15) is 14.5 Å². The molecular formula is C12H12FN5O3. The predicted octanol–water partition coefficient (Wildman–Crippen LogP) is 2.17. The molecule has 0 fully saturated rings. The van der Waals surface area contributed by atoms with Crippen molar-refractivity contribution in [2.24, 2.45) is 0 Å². The molecule has 0 aliphatic rings. The van der Waals surface area contributed by atoms with Gasteiger partial charge >= 0.3 is 5.69 Å². The number of nitrogens with zero attached hydrogens (tertiary/aromatic N) is 3. The predicted molar refractivity (Wildman–Crippen MR) is 74.1 cm³/mol. The third-order valence-corrected chi connectivity index (χ3v) is 2.67. The van der Waals surface area contributed by atoms with Crippen LogP contribution in [-0.4, -0.2) is 22.0 Å². The molecule has 3 N–H and O–H groups in total. The first-order valence-corrected chi connectivity index (χ1v) is 5.81. The van der Waals surface area contributed by atoms with Crippen LogP contribution >= 0.6 is 0 Å². The number of methoxy groups -OCH3 is 1. The Kier molecular flexibility index (Phi) is 3.83. The van der Waals surface area contributed by atoms with Crippen molar-refractivity contribution in [1.82, 2.24) is 9.97 Å². The number of benzene rings is 1. The number of ether oxygens (including phenoxy) is 1. The first-order valence-electron chi connectivity index (χ1n) is 5.81. The highest BCUT2D eigenvalue weighted by Gasteiger charge is 2.21. The van der Waals surface area contributed by atoms with Crippen molar-refractivity contribution in [3.8, 4) is 5.75 Å². The highest BCUT2D eigenvalue weighted by atomic mass is 19.1. The molecule has 2 rings (SSSR count). The van der Waals surface area contributed by atoms with Crippen molar-refractivity contribution in [2.45, 2.75) is 6.92 Å². The Hall–Kier alpha value is -2.97. The number of aromatic nitrogens is 2. The summed E-state index contributed by atoms with van der Waals surface area (Å²) in [5.41, 5.74) is 5.69. The summed E-state index contributed by atoms with van der Waals surface area (Å²) >= 11 is 0. The van der Waals surface area contributed by atoms with Crippen LogP contribution in [-0.2, 0) is 0 Å². The van der Waals surface area contributed by atoms with Gasteiger partial charge in [0.1, 0.15) is 5.69 Å². The SMILES string of the molecule is COc1cc(Nc2nc(N)nc(C)c2[N+](=O)[O-])ccc1F. The Labute approximate surface area is 118 Å². The molecule has 0 bridgehead atoms. The van der Waals surface area contributed by atoms with Crippen LogP contribution in [0.4, 0.5) is 27.5 Å². The summed E-state index contributed by atoms with van der Waals surface area (Å²) in [5.74, 6) is -0.717. The van der Waals surface area contributed by atoms with E-state index in [0.29, 0.717) is 5.69 Å². The smallest absolute Gasteiger partial charge is 0.332 e. The van der Waals surface area contributed by atoms with Gasteiger partial charge in [0.15, 0.2) is 11.6 Å². The topological polar surface area (TPSA) is 116 Å². The van der Waals surface area contributed by atoms with Gasteiger partial charge in [0.2, 0.25) is 11.8 Å². The van der Waals surface area contributed by atoms with E-state index in [2.05, 4.69) is 15.3 Å². The van der Waals surface area contributed by atoms with E-state index in [1.54, 1.807) is 0 Å². The second-order valence-electron chi connectivity index (χ2n) is 4.10. The standard InChI is InChI=1S/C12H12FN5O3/c1-6-10(18(19)20)11(17-12(14)15-6)16-7-3-4-8(13)9(5-7)21-2/h3-5H,1-2H3,(H3,14,15,16,17). The van der Waals surface area contributed by atoms with E-state index in [1.807, 2.05) is 0 Å². The summed E-state index contributed by atoms with van der Waals surface area (Å²) in [5, 5.41) is 13.8. The molecule has 0 saturated heterocycles. The molecule has 110 valence electrons. The highest BCUT2D eigenvalue weighted by Crippen LogP contribution is 2.30. The second-order valence-corrected chi connectivity index (χ2v) is 4.10. The molecular weight excluding hydrogens is 281 g/mol. The molecule has 8 nitrogen and oxygen atoms in total. The molecule has 1 heterocycles. The van der Waals surface area contributed by atoms with Gasteiger partial charge in [-0.05, 0) is 19.1 Å². The summed E-state index contributed by atoms with van der Waals surface area (Å²) in [6.07, 6.45) is 0. The first-order chi connectivity index (χ1) is 9.92. The number of nitrogens with two attached hydrogens (primary N) is 1. The lowest BCUT2D eigenvalue weighted by Gasteiger charge is -2.09. The molecule has 2 aromatic rings. The molecule has 9 heteroatoms. The van der Waals surface area contributed by atoms with Gasteiger partial charge in [0.05, 0.1) is 12.0 Å². The van der Waals surface area contributed by atoms with Gasteiger partial charge in [-0.25, -0.2) is 9.37 Å². The molecule has 1 aromatic carbocycles. The number of rotatable bonds is 4. The Bertz CT molecular complexity index is 708. The number of anilines is 3. The molecule has 0 aliphatic carbocycles. The quantitative estimate of drug-likeness (QED) is 0.655.